The lowest BCUT2D eigenvalue weighted by atomic mass is 10.2. The Morgan fingerprint density at radius 3 is 2.62 bits per heavy atom. The number of hydrazine groups is 1. The number of amides is 1. The van der Waals surface area contributed by atoms with Gasteiger partial charge in [-0.2, -0.15) is 0 Å². The first-order valence-electron chi connectivity index (χ1n) is 4.34. The van der Waals surface area contributed by atoms with Gasteiger partial charge in [0.1, 0.15) is 5.02 Å². The first-order chi connectivity index (χ1) is 7.41. The second kappa shape index (κ2) is 4.91. The molecule has 1 rings (SSSR count). The Hall–Kier alpha value is -1.66. The lowest BCUT2D eigenvalue weighted by Crippen LogP contribution is -2.36. The molecule has 1 amide bonds. The van der Waals surface area contributed by atoms with Gasteiger partial charge >= 0.3 is 0 Å². The van der Waals surface area contributed by atoms with E-state index in [-0.39, 0.29) is 16.3 Å². The third-order valence-corrected chi connectivity index (χ3v) is 2.05. The van der Waals surface area contributed by atoms with Crippen LogP contribution in [0.3, 0.4) is 0 Å². The summed E-state index contributed by atoms with van der Waals surface area (Å²) in [6, 6.07) is 3.89. The summed E-state index contributed by atoms with van der Waals surface area (Å²) < 4.78 is 0. The zero-order valence-corrected chi connectivity index (χ0v) is 9.49. The van der Waals surface area contributed by atoms with Gasteiger partial charge in [-0.15, -0.1) is 0 Å². The highest BCUT2D eigenvalue weighted by molar-refractivity contribution is 6.32. The summed E-state index contributed by atoms with van der Waals surface area (Å²) in [5.41, 5.74) is 2.37. The quantitative estimate of drug-likeness (QED) is 0.644. The van der Waals surface area contributed by atoms with Gasteiger partial charge in [0.05, 0.1) is 4.92 Å². The van der Waals surface area contributed by atoms with Crippen LogP contribution < -0.4 is 5.43 Å². The fourth-order valence-electron chi connectivity index (χ4n) is 1.06. The maximum absolute atomic E-state index is 11.5. The molecule has 0 aliphatic heterocycles. The van der Waals surface area contributed by atoms with Crippen LogP contribution in [-0.2, 0) is 0 Å². The maximum Gasteiger partial charge on any atom is 0.288 e. The van der Waals surface area contributed by atoms with Gasteiger partial charge in [-0.3, -0.25) is 20.3 Å². The molecule has 0 atom stereocenters. The van der Waals surface area contributed by atoms with E-state index in [1.54, 1.807) is 14.1 Å². The molecule has 7 heteroatoms. The summed E-state index contributed by atoms with van der Waals surface area (Å²) in [6.45, 7) is 0. The highest BCUT2D eigenvalue weighted by Crippen LogP contribution is 2.24. The second-order valence-electron chi connectivity index (χ2n) is 3.26. The number of nitrogens with zero attached hydrogens (tertiary/aromatic N) is 2. The molecule has 0 saturated heterocycles. The predicted molar refractivity (Wildman–Crippen MR) is 59.3 cm³/mol. The lowest BCUT2D eigenvalue weighted by Gasteiger charge is -2.11. The molecule has 0 aliphatic rings. The fourth-order valence-corrected chi connectivity index (χ4v) is 1.25. The molecular formula is C9H10ClN3O3. The Bertz CT molecular complexity index is 434. The van der Waals surface area contributed by atoms with Crippen LogP contribution in [0, 0.1) is 10.1 Å². The van der Waals surface area contributed by atoms with Gasteiger partial charge in [0, 0.05) is 25.7 Å². The number of hydrogen-bond donors (Lipinski definition) is 1. The van der Waals surface area contributed by atoms with Crippen molar-refractivity contribution in [3.05, 3.63) is 38.9 Å². The van der Waals surface area contributed by atoms with Crippen LogP contribution in [0.5, 0.6) is 0 Å². The Morgan fingerprint density at radius 2 is 2.12 bits per heavy atom. The minimum atomic E-state index is -0.630. The summed E-state index contributed by atoms with van der Waals surface area (Å²) >= 11 is 5.62. The topological polar surface area (TPSA) is 75.5 Å². The van der Waals surface area contributed by atoms with Crippen molar-refractivity contribution in [2.24, 2.45) is 0 Å². The molecule has 1 aromatic carbocycles. The number of hydrogen-bond acceptors (Lipinski definition) is 4. The lowest BCUT2D eigenvalue weighted by molar-refractivity contribution is -0.384. The van der Waals surface area contributed by atoms with E-state index in [1.807, 2.05) is 0 Å². The van der Waals surface area contributed by atoms with Crippen LogP contribution in [-0.4, -0.2) is 29.9 Å². The number of nitro groups is 1. The number of benzene rings is 1. The molecular weight excluding hydrogens is 234 g/mol. The van der Waals surface area contributed by atoms with E-state index >= 15 is 0 Å². The van der Waals surface area contributed by atoms with Crippen molar-refractivity contribution in [2.45, 2.75) is 0 Å². The molecule has 6 nitrogen and oxygen atoms in total. The SMILES string of the molecule is CN(C)NC(=O)c1ccc(Cl)c([N+](=O)[O-])c1. The van der Waals surface area contributed by atoms with Gasteiger partial charge in [-0.05, 0) is 12.1 Å². The molecule has 0 unspecified atom stereocenters. The van der Waals surface area contributed by atoms with Gasteiger partial charge in [0.15, 0.2) is 0 Å². The van der Waals surface area contributed by atoms with Gasteiger partial charge in [0.2, 0.25) is 0 Å². The van der Waals surface area contributed by atoms with E-state index in [2.05, 4.69) is 5.43 Å². The highest BCUT2D eigenvalue weighted by Gasteiger charge is 2.16. The van der Waals surface area contributed by atoms with E-state index in [1.165, 1.54) is 17.1 Å². The Kier molecular flexibility index (Phi) is 3.81. The van der Waals surface area contributed by atoms with Crippen molar-refractivity contribution in [2.75, 3.05) is 14.1 Å². The van der Waals surface area contributed by atoms with Crippen LogP contribution >= 0.6 is 11.6 Å². The van der Waals surface area contributed by atoms with Crippen LogP contribution in [0.15, 0.2) is 18.2 Å². The number of carbonyl (C=O) groups is 1. The minimum Gasteiger partial charge on any atom is -0.285 e. The molecule has 0 heterocycles. The summed E-state index contributed by atoms with van der Waals surface area (Å²) in [7, 11) is 3.28. The van der Waals surface area contributed by atoms with Crippen molar-refractivity contribution < 1.29 is 9.72 Å². The van der Waals surface area contributed by atoms with Crippen LogP contribution in [0.2, 0.25) is 5.02 Å². The van der Waals surface area contributed by atoms with Crippen LogP contribution in [0.4, 0.5) is 5.69 Å². The Morgan fingerprint density at radius 1 is 1.50 bits per heavy atom. The van der Waals surface area contributed by atoms with E-state index in [9.17, 15) is 14.9 Å². The second-order valence-corrected chi connectivity index (χ2v) is 3.67. The standard InChI is InChI=1S/C9H10ClN3O3/c1-12(2)11-9(14)6-3-4-7(10)8(5-6)13(15)16/h3-5H,1-2H3,(H,11,14). The van der Waals surface area contributed by atoms with Crippen molar-refractivity contribution >= 4 is 23.2 Å². The largest absolute Gasteiger partial charge is 0.288 e. The molecule has 1 N–H and O–H groups in total. The third kappa shape index (κ3) is 2.91. The molecule has 0 aliphatic carbocycles. The molecule has 1 aromatic rings. The van der Waals surface area contributed by atoms with E-state index < -0.39 is 10.8 Å². The Balaban J connectivity index is 3.03. The first-order valence-corrected chi connectivity index (χ1v) is 4.72. The number of carbonyl (C=O) groups excluding carboxylic acids is 1. The normalized spacial score (nSPS) is 10.2. The summed E-state index contributed by atoms with van der Waals surface area (Å²) in [4.78, 5) is 21.5. The average Bonchev–Trinajstić information content (AvgIpc) is 2.16. The molecule has 86 valence electrons. The Labute approximate surface area is 96.9 Å². The number of rotatable bonds is 3. The van der Waals surface area contributed by atoms with Gasteiger partial charge in [-0.25, -0.2) is 5.01 Å². The average molecular weight is 244 g/mol. The summed E-state index contributed by atoms with van der Waals surface area (Å²) in [5, 5.41) is 12.1. The van der Waals surface area contributed by atoms with Crippen molar-refractivity contribution in [3.8, 4) is 0 Å². The molecule has 0 saturated carbocycles. The van der Waals surface area contributed by atoms with E-state index in [4.69, 9.17) is 11.6 Å². The first kappa shape index (κ1) is 12.4. The molecule has 0 bridgehead atoms. The monoisotopic (exact) mass is 243 g/mol. The van der Waals surface area contributed by atoms with Gasteiger partial charge in [0.25, 0.3) is 11.6 Å². The third-order valence-electron chi connectivity index (χ3n) is 1.73. The maximum atomic E-state index is 11.5. The summed E-state index contributed by atoms with van der Waals surface area (Å²) in [5.74, 6) is -0.426. The molecule has 0 fully saturated rings. The zero-order valence-electron chi connectivity index (χ0n) is 8.73. The molecule has 16 heavy (non-hydrogen) atoms. The predicted octanol–water partition coefficient (Wildman–Crippen LogP) is 1.45. The molecule has 0 aromatic heterocycles. The van der Waals surface area contributed by atoms with E-state index in [0.29, 0.717) is 0 Å². The van der Waals surface area contributed by atoms with Crippen molar-refractivity contribution in [3.63, 3.8) is 0 Å². The number of nitro benzene ring substituents is 1. The van der Waals surface area contributed by atoms with E-state index in [0.717, 1.165) is 6.07 Å². The number of nitrogens with one attached hydrogen (secondary N) is 1. The summed E-state index contributed by atoms with van der Waals surface area (Å²) in [6.07, 6.45) is 0. The minimum absolute atomic E-state index is 0.00593. The fraction of sp³-hybridized carbons (Fsp3) is 0.222. The van der Waals surface area contributed by atoms with Crippen molar-refractivity contribution in [1.82, 2.24) is 10.4 Å². The number of halogens is 1. The highest BCUT2D eigenvalue weighted by atomic mass is 35.5. The molecule has 0 radical (unpaired) electrons. The zero-order chi connectivity index (χ0) is 12.3. The smallest absolute Gasteiger partial charge is 0.285 e. The van der Waals surface area contributed by atoms with Crippen LogP contribution in [0.25, 0.3) is 0 Å². The van der Waals surface area contributed by atoms with Gasteiger partial charge in [-0.1, -0.05) is 11.6 Å². The van der Waals surface area contributed by atoms with Gasteiger partial charge < -0.3 is 0 Å². The van der Waals surface area contributed by atoms with Crippen LogP contribution in [0.1, 0.15) is 10.4 Å². The molecule has 0 spiro atoms. The van der Waals surface area contributed by atoms with Crippen molar-refractivity contribution in [1.29, 1.82) is 0 Å².